The maximum atomic E-state index is 9.23. The summed E-state index contributed by atoms with van der Waals surface area (Å²) in [6.45, 7) is 1.66. The number of fused-ring (bicyclic) bond motifs is 1. The lowest BCUT2D eigenvalue weighted by Crippen LogP contribution is -2.48. The van der Waals surface area contributed by atoms with Crippen molar-refractivity contribution in [3.8, 4) is 6.07 Å². The quantitative estimate of drug-likeness (QED) is 0.667. The van der Waals surface area contributed by atoms with E-state index >= 15 is 0 Å². The summed E-state index contributed by atoms with van der Waals surface area (Å²) < 4.78 is 3.17. The molecule has 1 atom stereocenters. The number of imidazole rings is 1. The van der Waals surface area contributed by atoms with Gasteiger partial charge >= 0.3 is 0 Å². The average Bonchev–Trinajstić information content (AvgIpc) is 3.35. The van der Waals surface area contributed by atoms with Crippen LogP contribution >= 0.6 is 11.3 Å². The van der Waals surface area contributed by atoms with Crippen LogP contribution in [0.5, 0.6) is 0 Å². The second-order valence-electron chi connectivity index (χ2n) is 6.14. The van der Waals surface area contributed by atoms with Crippen molar-refractivity contribution in [2.45, 2.75) is 25.4 Å². The number of hydrogen-bond donors (Lipinski definition) is 1. The Hall–Kier alpha value is -3.18. The van der Waals surface area contributed by atoms with Gasteiger partial charge in [0.2, 0.25) is 5.96 Å². The van der Waals surface area contributed by atoms with Gasteiger partial charge in [0.1, 0.15) is 0 Å². The minimum absolute atomic E-state index is 0.0794. The molecule has 0 saturated carbocycles. The number of aliphatic imine (C=N–C) groups is 1. The third kappa shape index (κ3) is 3.83. The van der Waals surface area contributed by atoms with Crippen molar-refractivity contribution >= 4 is 32.6 Å². The first-order valence-electron chi connectivity index (χ1n) is 8.81. The Labute approximate surface area is 161 Å². The molecule has 0 spiro atoms. The molecule has 0 saturated heterocycles. The van der Waals surface area contributed by atoms with E-state index in [0.29, 0.717) is 6.42 Å². The smallest absolute Gasteiger partial charge is 0.205 e. The van der Waals surface area contributed by atoms with Crippen molar-refractivity contribution in [3.05, 3.63) is 55.3 Å². The van der Waals surface area contributed by atoms with Crippen LogP contribution in [0.15, 0.2) is 60.3 Å². The molecule has 1 N–H and O–H groups in total. The molecular weight excluding hydrogens is 358 g/mol. The molecule has 0 bridgehead atoms. The Morgan fingerprint density at radius 1 is 1.30 bits per heavy atom. The summed E-state index contributed by atoms with van der Waals surface area (Å²) in [4.78, 5) is 15.4. The number of rotatable bonds is 6. The first-order valence-corrected chi connectivity index (χ1v) is 9.62. The van der Waals surface area contributed by atoms with Crippen molar-refractivity contribution in [2.24, 2.45) is 4.99 Å². The second kappa shape index (κ2) is 8.01. The van der Waals surface area contributed by atoms with Crippen LogP contribution in [0.4, 0.5) is 5.13 Å². The molecule has 7 nitrogen and oxygen atoms in total. The maximum absolute atomic E-state index is 9.23. The number of thiazole rings is 1. The number of benzene rings is 1. The number of guanidine groups is 1. The van der Waals surface area contributed by atoms with Gasteiger partial charge < -0.3 is 9.88 Å². The largest absolute Gasteiger partial charge is 0.356 e. The van der Waals surface area contributed by atoms with Gasteiger partial charge in [0.05, 0.1) is 35.1 Å². The van der Waals surface area contributed by atoms with Gasteiger partial charge in [-0.15, -0.1) is 0 Å². The van der Waals surface area contributed by atoms with Gasteiger partial charge in [0.25, 0.3) is 0 Å². The van der Waals surface area contributed by atoms with Gasteiger partial charge in [-0.25, -0.2) is 15.0 Å². The highest BCUT2D eigenvalue weighted by Gasteiger charge is 2.26. The first kappa shape index (κ1) is 17.2. The van der Waals surface area contributed by atoms with E-state index in [9.17, 15) is 5.26 Å². The standard InChI is InChI=1S/C19H19N7S/c20-8-6-15-7-10-23-18(22-9-3-12-25-13-11-21-14-25)26(15)19-24-16-4-1-2-5-17(16)27-19/h1-2,4-5,7,10-11,13-15H,3,6,9,12H2,(H,22,23). The van der Waals surface area contributed by atoms with Crippen molar-refractivity contribution < 1.29 is 0 Å². The van der Waals surface area contributed by atoms with Gasteiger partial charge in [-0.05, 0) is 24.6 Å². The molecule has 1 unspecified atom stereocenters. The van der Waals surface area contributed by atoms with Crippen LogP contribution < -0.4 is 10.2 Å². The van der Waals surface area contributed by atoms with Gasteiger partial charge in [-0.3, -0.25) is 4.90 Å². The normalized spacial score (nSPS) is 16.3. The summed E-state index contributed by atoms with van der Waals surface area (Å²) in [7, 11) is 0. The van der Waals surface area contributed by atoms with Crippen LogP contribution in [0.3, 0.4) is 0 Å². The Kier molecular flexibility index (Phi) is 5.12. The Balaban J connectivity index is 1.51. The molecule has 1 aromatic carbocycles. The number of aryl methyl sites for hydroxylation is 1. The van der Waals surface area contributed by atoms with Crippen molar-refractivity contribution in [3.63, 3.8) is 0 Å². The predicted molar refractivity (Wildman–Crippen MR) is 108 cm³/mol. The molecule has 4 rings (SSSR count). The molecule has 2 aromatic heterocycles. The van der Waals surface area contributed by atoms with Gasteiger partial charge in [0, 0.05) is 31.7 Å². The number of hydrogen-bond acceptors (Lipinski definition) is 7. The molecule has 0 fully saturated rings. The zero-order valence-corrected chi connectivity index (χ0v) is 15.5. The molecule has 3 aromatic rings. The Morgan fingerprint density at radius 2 is 2.22 bits per heavy atom. The molecule has 3 heterocycles. The fraction of sp³-hybridized carbons (Fsp3) is 0.263. The van der Waals surface area contributed by atoms with Crippen LogP contribution in [0.1, 0.15) is 12.8 Å². The minimum Gasteiger partial charge on any atom is -0.356 e. The van der Waals surface area contributed by atoms with Crippen molar-refractivity contribution in [1.29, 1.82) is 5.26 Å². The third-order valence-electron chi connectivity index (χ3n) is 4.29. The summed E-state index contributed by atoms with van der Waals surface area (Å²) in [6, 6.07) is 10.2. The van der Waals surface area contributed by atoms with Gasteiger partial charge in [-0.1, -0.05) is 23.5 Å². The minimum atomic E-state index is -0.0794. The van der Waals surface area contributed by atoms with E-state index in [2.05, 4.69) is 27.4 Å². The van der Waals surface area contributed by atoms with E-state index < -0.39 is 0 Å². The lowest BCUT2D eigenvalue weighted by Gasteiger charge is -2.31. The molecule has 8 heteroatoms. The fourth-order valence-corrected chi connectivity index (χ4v) is 4.00. The number of nitrogens with zero attached hydrogens (tertiary/aromatic N) is 6. The van der Waals surface area contributed by atoms with Crippen LogP contribution in [-0.4, -0.2) is 33.1 Å². The number of anilines is 1. The van der Waals surface area contributed by atoms with Crippen LogP contribution in [0.25, 0.3) is 10.2 Å². The van der Waals surface area contributed by atoms with Gasteiger partial charge in [-0.2, -0.15) is 5.26 Å². The van der Waals surface area contributed by atoms with E-state index in [0.717, 1.165) is 40.8 Å². The lowest BCUT2D eigenvalue weighted by atomic mass is 10.2. The lowest BCUT2D eigenvalue weighted by molar-refractivity contribution is 0.625. The van der Waals surface area contributed by atoms with E-state index in [1.165, 1.54) is 0 Å². The third-order valence-corrected chi connectivity index (χ3v) is 5.33. The highest BCUT2D eigenvalue weighted by Crippen LogP contribution is 2.31. The molecular formula is C19H19N7S. The second-order valence-corrected chi connectivity index (χ2v) is 7.15. The van der Waals surface area contributed by atoms with E-state index in [1.54, 1.807) is 23.7 Å². The van der Waals surface area contributed by atoms with Gasteiger partial charge in [0.15, 0.2) is 5.13 Å². The average molecular weight is 377 g/mol. The predicted octanol–water partition coefficient (Wildman–Crippen LogP) is 3.14. The summed E-state index contributed by atoms with van der Waals surface area (Å²) in [6.07, 6.45) is 10.6. The number of para-hydroxylation sites is 1. The summed E-state index contributed by atoms with van der Waals surface area (Å²) in [5.74, 6) is 0.738. The first-order chi connectivity index (χ1) is 13.3. The molecule has 0 aliphatic carbocycles. The van der Waals surface area contributed by atoms with Crippen LogP contribution in [0.2, 0.25) is 0 Å². The van der Waals surface area contributed by atoms with Crippen molar-refractivity contribution in [1.82, 2.24) is 19.9 Å². The van der Waals surface area contributed by atoms with E-state index in [4.69, 9.17) is 4.98 Å². The molecule has 27 heavy (non-hydrogen) atoms. The number of nitrogens with one attached hydrogen (secondary N) is 1. The summed E-state index contributed by atoms with van der Waals surface area (Å²) in [5, 5.41) is 13.5. The highest BCUT2D eigenvalue weighted by atomic mass is 32.1. The number of nitriles is 1. The van der Waals surface area contributed by atoms with Crippen molar-refractivity contribution in [2.75, 3.05) is 11.4 Å². The SMILES string of the molecule is N#CCC1C=CN=C(NCCCn2ccnc2)N1c1nc2ccccc2s1. The topological polar surface area (TPSA) is 82.1 Å². The molecule has 0 radical (unpaired) electrons. The maximum Gasteiger partial charge on any atom is 0.205 e. The summed E-state index contributed by atoms with van der Waals surface area (Å²) in [5.41, 5.74) is 0.960. The molecule has 1 aliphatic heterocycles. The Morgan fingerprint density at radius 3 is 3.04 bits per heavy atom. The zero-order valence-electron chi connectivity index (χ0n) is 14.7. The molecule has 1 aliphatic rings. The Bertz CT molecular complexity index is 964. The van der Waals surface area contributed by atoms with E-state index in [1.807, 2.05) is 46.3 Å². The molecule has 136 valence electrons. The van der Waals surface area contributed by atoms with E-state index in [-0.39, 0.29) is 6.04 Å². The van der Waals surface area contributed by atoms with Crippen LogP contribution in [0, 0.1) is 11.3 Å². The monoisotopic (exact) mass is 377 g/mol. The van der Waals surface area contributed by atoms with Crippen LogP contribution in [-0.2, 0) is 6.54 Å². The summed E-state index contributed by atoms with van der Waals surface area (Å²) >= 11 is 1.61. The molecule has 0 amide bonds. The fourth-order valence-electron chi connectivity index (χ4n) is 2.98. The zero-order chi connectivity index (χ0) is 18.5. The highest BCUT2D eigenvalue weighted by molar-refractivity contribution is 7.22. The number of aromatic nitrogens is 3.